The molecule has 2 rings (SSSR count). The molecule has 2 aromatic rings. The SMILES string of the molecule is Cc1ccc(C=CC(=O)c2ccc(C)s2)cc1. The van der Waals surface area contributed by atoms with E-state index in [1.54, 1.807) is 6.08 Å². The van der Waals surface area contributed by atoms with Crippen molar-refractivity contribution in [2.75, 3.05) is 0 Å². The molecule has 0 aliphatic carbocycles. The Morgan fingerprint density at radius 1 is 1.06 bits per heavy atom. The van der Waals surface area contributed by atoms with Crippen molar-refractivity contribution in [2.45, 2.75) is 13.8 Å². The van der Waals surface area contributed by atoms with Gasteiger partial charge in [0.25, 0.3) is 0 Å². The van der Waals surface area contributed by atoms with E-state index in [4.69, 9.17) is 0 Å². The lowest BCUT2D eigenvalue weighted by Crippen LogP contribution is -1.88. The second kappa shape index (κ2) is 5.11. The second-order valence-electron chi connectivity index (χ2n) is 4.02. The molecule has 1 nitrogen and oxygen atoms in total. The fourth-order valence-corrected chi connectivity index (χ4v) is 2.29. The fraction of sp³-hybridized carbons (Fsp3) is 0.133. The molecule has 1 aromatic carbocycles. The minimum Gasteiger partial charge on any atom is -0.288 e. The van der Waals surface area contributed by atoms with Gasteiger partial charge in [-0.2, -0.15) is 0 Å². The number of hydrogen-bond acceptors (Lipinski definition) is 2. The van der Waals surface area contributed by atoms with Crippen LogP contribution in [0.2, 0.25) is 0 Å². The van der Waals surface area contributed by atoms with E-state index in [9.17, 15) is 4.79 Å². The van der Waals surface area contributed by atoms with E-state index < -0.39 is 0 Å². The van der Waals surface area contributed by atoms with Gasteiger partial charge in [0.05, 0.1) is 4.88 Å². The van der Waals surface area contributed by atoms with Crippen LogP contribution in [0.5, 0.6) is 0 Å². The second-order valence-corrected chi connectivity index (χ2v) is 5.31. The number of carbonyl (C=O) groups is 1. The highest BCUT2D eigenvalue weighted by Crippen LogP contribution is 2.16. The topological polar surface area (TPSA) is 17.1 Å². The monoisotopic (exact) mass is 242 g/mol. The summed E-state index contributed by atoms with van der Waals surface area (Å²) in [6.45, 7) is 4.05. The number of carbonyl (C=O) groups excluding carboxylic acids is 1. The molecule has 1 aromatic heterocycles. The number of ketones is 1. The van der Waals surface area contributed by atoms with Crippen LogP contribution in [-0.2, 0) is 0 Å². The first kappa shape index (κ1) is 11.8. The zero-order valence-corrected chi connectivity index (χ0v) is 10.8. The lowest BCUT2D eigenvalue weighted by molar-refractivity contribution is 0.105. The van der Waals surface area contributed by atoms with Gasteiger partial charge in [-0.1, -0.05) is 35.9 Å². The molecule has 0 N–H and O–H groups in total. The van der Waals surface area contributed by atoms with Crippen LogP contribution in [0.15, 0.2) is 42.5 Å². The summed E-state index contributed by atoms with van der Waals surface area (Å²) in [5.74, 6) is 0.0728. The lowest BCUT2D eigenvalue weighted by atomic mass is 10.1. The Hall–Kier alpha value is -1.67. The van der Waals surface area contributed by atoms with Crippen molar-refractivity contribution in [3.8, 4) is 0 Å². The summed E-state index contributed by atoms with van der Waals surface area (Å²) >= 11 is 1.53. The highest BCUT2D eigenvalue weighted by Gasteiger charge is 2.03. The van der Waals surface area contributed by atoms with Crippen molar-refractivity contribution < 1.29 is 4.79 Å². The molecular weight excluding hydrogens is 228 g/mol. The summed E-state index contributed by atoms with van der Waals surface area (Å²) in [6, 6.07) is 12.0. The predicted molar refractivity (Wildman–Crippen MR) is 73.6 cm³/mol. The Labute approximate surface area is 105 Å². The van der Waals surface area contributed by atoms with Gasteiger partial charge < -0.3 is 0 Å². The van der Waals surface area contributed by atoms with Crippen LogP contribution in [0.1, 0.15) is 25.7 Å². The average Bonchev–Trinajstić information content (AvgIpc) is 2.75. The zero-order valence-electron chi connectivity index (χ0n) is 9.94. The summed E-state index contributed by atoms with van der Waals surface area (Å²) in [5, 5.41) is 0. The maximum absolute atomic E-state index is 11.8. The van der Waals surface area contributed by atoms with Crippen molar-refractivity contribution in [3.05, 3.63) is 63.4 Å². The molecule has 0 amide bonds. The van der Waals surface area contributed by atoms with Crippen LogP contribution >= 0.6 is 11.3 Å². The Morgan fingerprint density at radius 3 is 2.35 bits per heavy atom. The normalized spacial score (nSPS) is 10.9. The van der Waals surface area contributed by atoms with Crippen molar-refractivity contribution in [1.29, 1.82) is 0 Å². The van der Waals surface area contributed by atoms with Crippen LogP contribution in [0, 0.1) is 13.8 Å². The average molecular weight is 242 g/mol. The van der Waals surface area contributed by atoms with Gasteiger partial charge in [0.15, 0.2) is 5.78 Å². The van der Waals surface area contributed by atoms with E-state index in [1.165, 1.54) is 16.9 Å². The fourth-order valence-electron chi connectivity index (χ4n) is 1.50. The van der Waals surface area contributed by atoms with Crippen molar-refractivity contribution in [3.63, 3.8) is 0 Å². The van der Waals surface area contributed by atoms with Gasteiger partial charge in [-0.3, -0.25) is 4.79 Å². The van der Waals surface area contributed by atoms with Gasteiger partial charge in [-0.25, -0.2) is 0 Å². The number of thiophene rings is 1. The molecule has 1 heterocycles. The maximum atomic E-state index is 11.8. The first-order chi connectivity index (χ1) is 8.15. The molecular formula is C15H14OS. The minimum atomic E-state index is 0.0728. The minimum absolute atomic E-state index is 0.0728. The van der Waals surface area contributed by atoms with Crippen LogP contribution in [0.25, 0.3) is 6.08 Å². The highest BCUT2D eigenvalue weighted by molar-refractivity contribution is 7.14. The number of aryl methyl sites for hydroxylation is 2. The molecule has 0 saturated heterocycles. The standard InChI is InChI=1S/C15H14OS/c1-11-3-6-13(7-4-11)8-9-14(16)15-10-5-12(2)17-15/h3-10H,1-2H3. The highest BCUT2D eigenvalue weighted by atomic mass is 32.1. The smallest absolute Gasteiger partial charge is 0.195 e. The van der Waals surface area contributed by atoms with E-state index in [-0.39, 0.29) is 5.78 Å². The summed E-state index contributed by atoms with van der Waals surface area (Å²) in [5.41, 5.74) is 2.28. The van der Waals surface area contributed by atoms with Crippen molar-refractivity contribution in [1.82, 2.24) is 0 Å². The van der Waals surface area contributed by atoms with Gasteiger partial charge >= 0.3 is 0 Å². The molecule has 0 aliphatic rings. The van der Waals surface area contributed by atoms with Crippen LogP contribution in [-0.4, -0.2) is 5.78 Å². The van der Waals surface area contributed by atoms with E-state index in [1.807, 2.05) is 56.3 Å². The number of rotatable bonds is 3. The molecule has 2 heteroatoms. The molecule has 0 unspecified atom stereocenters. The Morgan fingerprint density at radius 2 is 1.76 bits per heavy atom. The maximum Gasteiger partial charge on any atom is 0.195 e. The molecule has 0 bridgehead atoms. The first-order valence-corrected chi connectivity index (χ1v) is 6.32. The summed E-state index contributed by atoms with van der Waals surface area (Å²) in [7, 11) is 0. The van der Waals surface area contributed by atoms with Crippen LogP contribution < -0.4 is 0 Å². The van der Waals surface area contributed by atoms with Crippen molar-refractivity contribution >= 4 is 23.2 Å². The summed E-state index contributed by atoms with van der Waals surface area (Å²) in [4.78, 5) is 13.8. The van der Waals surface area contributed by atoms with Crippen LogP contribution in [0.4, 0.5) is 0 Å². The molecule has 0 fully saturated rings. The van der Waals surface area contributed by atoms with Gasteiger partial charge in [-0.15, -0.1) is 11.3 Å². The third kappa shape index (κ3) is 3.14. The summed E-state index contributed by atoms with van der Waals surface area (Å²) < 4.78 is 0. The third-order valence-corrected chi connectivity index (χ3v) is 3.50. The molecule has 0 saturated carbocycles. The molecule has 0 radical (unpaired) electrons. The van der Waals surface area contributed by atoms with Gasteiger partial charge in [0.1, 0.15) is 0 Å². The van der Waals surface area contributed by atoms with E-state index >= 15 is 0 Å². The van der Waals surface area contributed by atoms with Gasteiger partial charge in [0, 0.05) is 4.88 Å². The Bertz CT molecular complexity index is 547. The van der Waals surface area contributed by atoms with E-state index in [0.29, 0.717) is 0 Å². The van der Waals surface area contributed by atoms with Crippen molar-refractivity contribution in [2.24, 2.45) is 0 Å². The predicted octanol–water partition coefficient (Wildman–Crippen LogP) is 4.26. The molecule has 0 aliphatic heterocycles. The van der Waals surface area contributed by atoms with Gasteiger partial charge in [-0.05, 0) is 37.6 Å². The molecule has 0 spiro atoms. The van der Waals surface area contributed by atoms with E-state index in [0.717, 1.165) is 15.3 Å². The molecule has 17 heavy (non-hydrogen) atoms. The number of hydrogen-bond donors (Lipinski definition) is 0. The molecule has 86 valence electrons. The number of allylic oxidation sites excluding steroid dienone is 1. The van der Waals surface area contributed by atoms with Crippen LogP contribution in [0.3, 0.4) is 0 Å². The Kier molecular flexibility index (Phi) is 3.55. The molecule has 0 atom stereocenters. The summed E-state index contributed by atoms with van der Waals surface area (Å²) in [6.07, 6.45) is 3.49. The lowest BCUT2D eigenvalue weighted by Gasteiger charge is -1.94. The third-order valence-electron chi connectivity index (χ3n) is 2.49. The first-order valence-electron chi connectivity index (χ1n) is 5.51. The zero-order chi connectivity index (χ0) is 12.3. The Balaban J connectivity index is 2.10. The quantitative estimate of drug-likeness (QED) is 0.580. The number of benzene rings is 1. The van der Waals surface area contributed by atoms with E-state index in [2.05, 4.69) is 0 Å². The van der Waals surface area contributed by atoms with Gasteiger partial charge in [0.2, 0.25) is 0 Å². The largest absolute Gasteiger partial charge is 0.288 e.